The topological polar surface area (TPSA) is 79.4 Å². The van der Waals surface area contributed by atoms with E-state index in [4.69, 9.17) is 0 Å². The highest BCUT2D eigenvalue weighted by Gasteiger charge is 2.28. The van der Waals surface area contributed by atoms with Gasteiger partial charge in [-0.1, -0.05) is 30.7 Å². The van der Waals surface area contributed by atoms with Crippen LogP contribution >= 0.6 is 11.3 Å². The standard InChI is InChI=1S/C24H27N3O3S2/c1-16-6-11-21(18(3)13-16)22-15-31-24(25-22)26-23(28)19-7-9-20(10-8-19)32(29,30)27-12-4-5-17(2)14-27/h6-11,13,15,17H,4-5,12,14H2,1-3H3,(H,25,26,28)/t17-/m0/s1. The van der Waals surface area contributed by atoms with Gasteiger partial charge in [0.05, 0.1) is 10.6 Å². The van der Waals surface area contributed by atoms with Gasteiger partial charge in [-0.3, -0.25) is 10.1 Å². The van der Waals surface area contributed by atoms with Crippen molar-refractivity contribution in [1.29, 1.82) is 0 Å². The van der Waals surface area contributed by atoms with Crippen LogP contribution in [-0.4, -0.2) is 36.7 Å². The molecule has 2 heterocycles. The number of piperidine rings is 1. The first-order valence-electron chi connectivity index (χ1n) is 10.7. The predicted molar refractivity (Wildman–Crippen MR) is 129 cm³/mol. The Morgan fingerprint density at radius 3 is 2.59 bits per heavy atom. The van der Waals surface area contributed by atoms with Crippen molar-refractivity contribution in [3.63, 3.8) is 0 Å². The molecule has 1 aromatic heterocycles. The van der Waals surface area contributed by atoms with Gasteiger partial charge in [0.25, 0.3) is 5.91 Å². The summed E-state index contributed by atoms with van der Waals surface area (Å²) in [6.07, 6.45) is 1.92. The van der Waals surface area contributed by atoms with Crippen LogP contribution in [0.4, 0.5) is 5.13 Å². The van der Waals surface area contributed by atoms with Crippen molar-refractivity contribution in [2.75, 3.05) is 18.4 Å². The molecule has 3 aromatic rings. The van der Waals surface area contributed by atoms with Crippen LogP contribution in [0.15, 0.2) is 52.7 Å². The molecule has 0 aliphatic carbocycles. The van der Waals surface area contributed by atoms with E-state index in [0.717, 1.165) is 29.7 Å². The van der Waals surface area contributed by atoms with Gasteiger partial charge in [-0.15, -0.1) is 11.3 Å². The Bertz CT molecular complexity index is 1230. The van der Waals surface area contributed by atoms with Crippen molar-refractivity contribution in [3.05, 3.63) is 64.5 Å². The van der Waals surface area contributed by atoms with Crippen molar-refractivity contribution in [1.82, 2.24) is 9.29 Å². The fourth-order valence-corrected chi connectivity index (χ4v) is 6.32. The fourth-order valence-electron chi connectivity index (χ4n) is 4.02. The van der Waals surface area contributed by atoms with E-state index >= 15 is 0 Å². The first kappa shape index (κ1) is 22.6. The number of benzene rings is 2. The molecule has 1 fully saturated rings. The normalized spacial score (nSPS) is 17.3. The molecule has 32 heavy (non-hydrogen) atoms. The van der Waals surface area contributed by atoms with Gasteiger partial charge in [0.2, 0.25) is 10.0 Å². The molecule has 1 amide bonds. The maximum Gasteiger partial charge on any atom is 0.257 e. The van der Waals surface area contributed by atoms with Crippen molar-refractivity contribution < 1.29 is 13.2 Å². The van der Waals surface area contributed by atoms with Crippen LogP contribution < -0.4 is 5.32 Å². The molecular weight excluding hydrogens is 442 g/mol. The number of carbonyl (C=O) groups excluding carboxylic acids is 1. The van der Waals surface area contributed by atoms with E-state index in [9.17, 15) is 13.2 Å². The highest BCUT2D eigenvalue weighted by atomic mass is 32.2. The molecule has 2 aromatic carbocycles. The summed E-state index contributed by atoms with van der Waals surface area (Å²) in [5, 5.41) is 5.24. The van der Waals surface area contributed by atoms with E-state index in [2.05, 4.69) is 23.3 Å². The number of carbonyl (C=O) groups is 1. The van der Waals surface area contributed by atoms with E-state index in [1.54, 1.807) is 16.4 Å². The molecule has 0 radical (unpaired) electrons. The lowest BCUT2D eigenvalue weighted by Crippen LogP contribution is -2.39. The Hall–Kier alpha value is -2.55. The maximum atomic E-state index is 12.9. The zero-order valence-corrected chi connectivity index (χ0v) is 20.1. The molecule has 0 unspecified atom stereocenters. The molecule has 4 rings (SSSR count). The zero-order chi connectivity index (χ0) is 22.9. The molecule has 0 spiro atoms. The van der Waals surface area contributed by atoms with E-state index in [0.29, 0.717) is 29.7 Å². The van der Waals surface area contributed by atoms with Crippen LogP contribution in [0.3, 0.4) is 0 Å². The van der Waals surface area contributed by atoms with Gasteiger partial charge in [-0.25, -0.2) is 13.4 Å². The summed E-state index contributed by atoms with van der Waals surface area (Å²) >= 11 is 1.36. The fraction of sp³-hybridized carbons (Fsp3) is 0.333. The van der Waals surface area contributed by atoms with Gasteiger partial charge < -0.3 is 0 Å². The number of hydrogen-bond acceptors (Lipinski definition) is 5. The largest absolute Gasteiger partial charge is 0.298 e. The van der Waals surface area contributed by atoms with Crippen LogP contribution in [0.5, 0.6) is 0 Å². The van der Waals surface area contributed by atoms with Crippen LogP contribution in [0, 0.1) is 19.8 Å². The van der Waals surface area contributed by atoms with Crippen molar-refractivity contribution in [2.24, 2.45) is 5.92 Å². The highest BCUT2D eigenvalue weighted by molar-refractivity contribution is 7.89. The molecule has 0 saturated carbocycles. The number of hydrogen-bond donors (Lipinski definition) is 1. The summed E-state index contributed by atoms with van der Waals surface area (Å²) in [4.78, 5) is 17.4. The second kappa shape index (κ2) is 9.13. The van der Waals surface area contributed by atoms with Crippen LogP contribution in [0.1, 0.15) is 41.3 Å². The number of amides is 1. The quantitative estimate of drug-likeness (QED) is 0.564. The van der Waals surface area contributed by atoms with Crippen molar-refractivity contribution >= 4 is 32.4 Å². The zero-order valence-electron chi connectivity index (χ0n) is 18.5. The molecule has 8 heteroatoms. The number of anilines is 1. The molecule has 168 valence electrons. The molecule has 1 atom stereocenters. The molecule has 6 nitrogen and oxygen atoms in total. The number of nitrogens with one attached hydrogen (secondary N) is 1. The molecule has 1 aliphatic heterocycles. The highest BCUT2D eigenvalue weighted by Crippen LogP contribution is 2.28. The van der Waals surface area contributed by atoms with Crippen LogP contribution in [-0.2, 0) is 10.0 Å². The van der Waals surface area contributed by atoms with Crippen LogP contribution in [0.2, 0.25) is 0 Å². The third-order valence-corrected chi connectivity index (χ3v) is 8.39. The van der Waals surface area contributed by atoms with Gasteiger partial charge in [-0.2, -0.15) is 4.31 Å². The van der Waals surface area contributed by atoms with E-state index < -0.39 is 10.0 Å². The van der Waals surface area contributed by atoms with Gasteiger partial charge in [0.1, 0.15) is 0 Å². The first-order chi connectivity index (χ1) is 15.2. The molecule has 1 aliphatic rings. The number of rotatable bonds is 5. The third-order valence-electron chi connectivity index (χ3n) is 5.76. The Morgan fingerprint density at radius 2 is 1.91 bits per heavy atom. The second-order valence-corrected chi connectivity index (χ2v) is 11.2. The monoisotopic (exact) mass is 469 g/mol. The number of sulfonamides is 1. The van der Waals surface area contributed by atoms with E-state index in [-0.39, 0.29) is 10.8 Å². The maximum absolute atomic E-state index is 12.9. The summed E-state index contributed by atoms with van der Waals surface area (Å²) in [5.74, 6) is 0.0394. The van der Waals surface area contributed by atoms with Gasteiger partial charge in [-0.05, 0) is 62.4 Å². The number of nitrogens with zero attached hydrogens (tertiary/aromatic N) is 2. The van der Waals surface area contributed by atoms with Gasteiger partial charge in [0.15, 0.2) is 5.13 Å². The minimum Gasteiger partial charge on any atom is -0.298 e. The lowest BCUT2D eigenvalue weighted by Gasteiger charge is -2.30. The minimum atomic E-state index is -3.54. The second-order valence-electron chi connectivity index (χ2n) is 8.45. The van der Waals surface area contributed by atoms with Gasteiger partial charge in [0, 0.05) is 29.6 Å². The lowest BCUT2D eigenvalue weighted by molar-refractivity contribution is 0.102. The Kier molecular flexibility index (Phi) is 6.46. The van der Waals surface area contributed by atoms with E-state index in [1.807, 2.05) is 31.4 Å². The van der Waals surface area contributed by atoms with Crippen molar-refractivity contribution in [3.8, 4) is 11.3 Å². The average Bonchev–Trinajstić information content (AvgIpc) is 3.22. The summed E-state index contributed by atoms with van der Waals surface area (Å²) in [6.45, 7) is 7.24. The van der Waals surface area contributed by atoms with Crippen molar-refractivity contribution in [2.45, 2.75) is 38.5 Å². The lowest BCUT2D eigenvalue weighted by atomic mass is 10.0. The average molecular weight is 470 g/mol. The Morgan fingerprint density at radius 1 is 1.16 bits per heavy atom. The number of aromatic nitrogens is 1. The molecular formula is C24H27N3O3S2. The summed E-state index contributed by atoms with van der Waals surface area (Å²) < 4.78 is 27.4. The summed E-state index contributed by atoms with van der Waals surface area (Å²) in [6, 6.07) is 12.3. The first-order valence-corrected chi connectivity index (χ1v) is 13.0. The van der Waals surface area contributed by atoms with E-state index in [1.165, 1.54) is 29.0 Å². The minimum absolute atomic E-state index is 0.217. The number of thiazole rings is 1. The molecule has 1 N–H and O–H groups in total. The Balaban J connectivity index is 1.46. The SMILES string of the molecule is Cc1ccc(-c2csc(NC(=O)c3ccc(S(=O)(=O)N4CCC[C@H](C)C4)cc3)n2)c(C)c1. The molecule has 1 saturated heterocycles. The van der Waals surface area contributed by atoms with Gasteiger partial charge >= 0.3 is 0 Å². The summed E-state index contributed by atoms with van der Waals surface area (Å²) in [7, 11) is -3.54. The third kappa shape index (κ3) is 4.77. The molecule has 0 bridgehead atoms. The number of aryl methyl sites for hydroxylation is 2. The van der Waals surface area contributed by atoms with Crippen LogP contribution in [0.25, 0.3) is 11.3 Å². The smallest absolute Gasteiger partial charge is 0.257 e. The Labute approximate surface area is 193 Å². The summed E-state index contributed by atoms with van der Waals surface area (Å²) in [5.41, 5.74) is 4.57. The predicted octanol–water partition coefficient (Wildman–Crippen LogP) is 5.10.